The Kier molecular flexibility index (Phi) is 3.35. The third-order valence-corrected chi connectivity index (χ3v) is 1.70. The van der Waals surface area contributed by atoms with Crippen LogP contribution in [0.3, 0.4) is 0 Å². The van der Waals surface area contributed by atoms with Crippen molar-refractivity contribution in [3.05, 3.63) is 34.1 Å². The molecule has 0 fully saturated rings. The minimum Gasteiger partial charge on any atom is -0.393 e. The summed E-state index contributed by atoms with van der Waals surface area (Å²) in [6, 6.07) is 1.91. The summed E-state index contributed by atoms with van der Waals surface area (Å²) >= 11 is 0. The zero-order valence-electron chi connectivity index (χ0n) is 7.75. The van der Waals surface area contributed by atoms with Crippen LogP contribution in [0.1, 0.15) is 12.0 Å². The quantitative estimate of drug-likeness (QED) is 0.593. The molecule has 0 aliphatic carbocycles. The van der Waals surface area contributed by atoms with Gasteiger partial charge in [0.1, 0.15) is 11.9 Å². The van der Waals surface area contributed by atoms with E-state index in [0.717, 1.165) is 6.20 Å². The minimum absolute atomic E-state index is 0.0594. The molecule has 0 spiro atoms. The predicted octanol–water partition coefficient (Wildman–Crippen LogP) is 1.50. The van der Waals surface area contributed by atoms with E-state index in [1.807, 2.05) is 6.07 Å². The Hall–Kier alpha value is -2.42. The molecule has 1 rings (SSSR count). The molecular formula is C9H8N4O2. The van der Waals surface area contributed by atoms with Crippen molar-refractivity contribution in [1.82, 2.24) is 4.98 Å². The fourth-order valence-corrected chi connectivity index (χ4v) is 0.992. The van der Waals surface area contributed by atoms with Crippen LogP contribution in [0.15, 0.2) is 18.5 Å². The molecule has 0 unspecified atom stereocenters. The first kappa shape index (κ1) is 10.7. The zero-order valence-corrected chi connectivity index (χ0v) is 7.75. The number of allylic oxidation sites excluding steroid dienone is 1. The molecule has 2 N–H and O–H groups in total. The van der Waals surface area contributed by atoms with E-state index in [2.05, 4.69) is 4.98 Å². The predicted molar refractivity (Wildman–Crippen MR) is 54.6 cm³/mol. The average molecular weight is 204 g/mol. The lowest BCUT2D eigenvalue weighted by Crippen LogP contribution is -1.98. The number of nitro groups is 1. The average Bonchev–Trinajstić information content (AvgIpc) is 2.20. The van der Waals surface area contributed by atoms with Gasteiger partial charge in [-0.1, -0.05) is 12.2 Å². The second kappa shape index (κ2) is 4.72. The van der Waals surface area contributed by atoms with E-state index in [4.69, 9.17) is 11.0 Å². The van der Waals surface area contributed by atoms with Crippen LogP contribution in [0.5, 0.6) is 0 Å². The van der Waals surface area contributed by atoms with Gasteiger partial charge in [-0.2, -0.15) is 5.26 Å². The highest BCUT2D eigenvalue weighted by molar-refractivity contribution is 5.71. The van der Waals surface area contributed by atoms with Crippen molar-refractivity contribution in [2.75, 3.05) is 5.73 Å². The SMILES string of the molecule is N#CCC=Cc1cncc([N+](=O)[O-])c1N. The molecule has 0 saturated heterocycles. The number of nitrogens with zero attached hydrogens (tertiary/aromatic N) is 3. The number of rotatable bonds is 3. The van der Waals surface area contributed by atoms with Crippen molar-refractivity contribution >= 4 is 17.5 Å². The normalized spacial score (nSPS) is 10.1. The molecule has 0 amide bonds. The van der Waals surface area contributed by atoms with Gasteiger partial charge in [0.25, 0.3) is 0 Å². The second-order valence-corrected chi connectivity index (χ2v) is 2.68. The third kappa shape index (κ3) is 2.51. The summed E-state index contributed by atoms with van der Waals surface area (Å²) in [5, 5.41) is 18.8. The van der Waals surface area contributed by atoms with Crippen molar-refractivity contribution < 1.29 is 4.92 Å². The lowest BCUT2D eigenvalue weighted by molar-refractivity contribution is -0.384. The van der Waals surface area contributed by atoms with Gasteiger partial charge in [-0.05, 0) is 0 Å². The highest BCUT2D eigenvalue weighted by Gasteiger charge is 2.13. The van der Waals surface area contributed by atoms with Crippen LogP contribution in [-0.2, 0) is 0 Å². The van der Waals surface area contributed by atoms with Crippen LogP contribution in [0.25, 0.3) is 6.08 Å². The summed E-state index contributed by atoms with van der Waals surface area (Å²) in [7, 11) is 0. The number of nitrogens with two attached hydrogens (primary N) is 1. The number of nitriles is 1. The molecular weight excluding hydrogens is 196 g/mol. The Morgan fingerprint density at radius 3 is 3.00 bits per heavy atom. The highest BCUT2D eigenvalue weighted by Crippen LogP contribution is 2.24. The molecule has 0 aliphatic rings. The first-order valence-corrected chi connectivity index (χ1v) is 4.08. The van der Waals surface area contributed by atoms with E-state index in [0.29, 0.717) is 5.56 Å². The van der Waals surface area contributed by atoms with Gasteiger partial charge in [-0.25, -0.2) is 0 Å². The van der Waals surface area contributed by atoms with Gasteiger partial charge in [0, 0.05) is 11.8 Å². The van der Waals surface area contributed by atoms with Crippen LogP contribution in [-0.4, -0.2) is 9.91 Å². The van der Waals surface area contributed by atoms with E-state index in [9.17, 15) is 10.1 Å². The van der Waals surface area contributed by atoms with Crippen LogP contribution in [0.4, 0.5) is 11.4 Å². The van der Waals surface area contributed by atoms with Gasteiger partial charge in [-0.15, -0.1) is 0 Å². The fraction of sp³-hybridized carbons (Fsp3) is 0.111. The maximum Gasteiger partial charge on any atom is 0.310 e. The Bertz CT molecular complexity index is 448. The molecule has 6 heteroatoms. The van der Waals surface area contributed by atoms with Crippen molar-refractivity contribution in [1.29, 1.82) is 5.26 Å². The lowest BCUT2D eigenvalue weighted by Gasteiger charge is -1.99. The van der Waals surface area contributed by atoms with Gasteiger partial charge >= 0.3 is 5.69 Å². The second-order valence-electron chi connectivity index (χ2n) is 2.68. The Labute approximate surface area is 85.8 Å². The molecule has 15 heavy (non-hydrogen) atoms. The number of hydrogen-bond acceptors (Lipinski definition) is 5. The van der Waals surface area contributed by atoms with E-state index >= 15 is 0 Å². The van der Waals surface area contributed by atoms with Crippen LogP contribution < -0.4 is 5.73 Å². The van der Waals surface area contributed by atoms with Gasteiger partial charge < -0.3 is 5.73 Å². The standard InChI is InChI=1S/C9H8N4O2/c10-4-2-1-3-7-5-12-6-8(9(7)11)13(14)15/h1,3,5-6H,2H2,(H2,11,12). The molecule has 0 aromatic carbocycles. The minimum atomic E-state index is -0.593. The molecule has 0 radical (unpaired) electrons. The summed E-state index contributed by atoms with van der Waals surface area (Å²) in [6.07, 6.45) is 5.84. The van der Waals surface area contributed by atoms with Crippen molar-refractivity contribution in [2.24, 2.45) is 0 Å². The summed E-state index contributed by atoms with van der Waals surface area (Å²) < 4.78 is 0. The first-order chi connectivity index (χ1) is 7.16. The topological polar surface area (TPSA) is 106 Å². The summed E-state index contributed by atoms with van der Waals surface area (Å²) in [4.78, 5) is 13.6. The van der Waals surface area contributed by atoms with Gasteiger partial charge in [-0.3, -0.25) is 15.1 Å². The van der Waals surface area contributed by atoms with Crippen LogP contribution in [0.2, 0.25) is 0 Å². The summed E-state index contributed by atoms with van der Waals surface area (Å²) in [5.74, 6) is 0. The molecule has 0 aliphatic heterocycles. The van der Waals surface area contributed by atoms with Crippen LogP contribution in [0, 0.1) is 21.4 Å². The Balaban J connectivity index is 3.06. The molecule has 0 bridgehead atoms. The van der Waals surface area contributed by atoms with E-state index in [1.54, 1.807) is 12.2 Å². The zero-order chi connectivity index (χ0) is 11.3. The maximum atomic E-state index is 10.5. The third-order valence-electron chi connectivity index (χ3n) is 1.70. The Morgan fingerprint density at radius 2 is 2.40 bits per heavy atom. The highest BCUT2D eigenvalue weighted by atomic mass is 16.6. The molecule has 76 valence electrons. The van der Waals surface area contributed by atoms with Crippen molar-refractivity contribution in [3.8, 4) is 6.07 Å². The monoisotopic (exact) mass is 204 g/mol. The lowest BCUT2D eigenvalue weighted by atomic mass is 10.2. The van der Waals surface area contributed by atoms with Crippen molar-refractivity contribution in [3.63, 3.8) is 0 Å². The fourth-order valence-electron chi connectivity index (χ4n) is 0.992. The van der Waals surface area contributed by atoms with E-state index < -0.39 is 4.92 Å². The molecule has 1 heterocycles. The molecule has 6 nitrogen and oxygen atoms in total. The molecule has 0 atom stereocenters. The first-order valence-electron chi connectivity index (χ1n) is 4.08. The maximum absolute atomic E-state index is 10.5. The number of aromatic nitrogens is 1. The van der Waals surface area contributed by atoms with E-state index in [1.165, 1.54) is 6.20 Å². The number of anilines is 1. The van der Waals surface area contributed by atoms with Crippen LogP contribution >= 0.6 is 0 Å². The Morgan fingerprint density at radius 1 is 1.67 bits per heavy atom. The molecule has 1 aromatic rings. The van der Waals surface area contributed by atoms with E-state index in [-0.39, 0.29) is 17.8 Å². The van der Waals surface area contributed by atoms with Crippen molar-refractivity contribution in [2.45, 2.75) is 6.42 Å². The van der Waals surface area contributed by atoms with Gasteiger partial charge in [0.05, 0.1) is 17.4 Å². The van der Waals surface area contributed by atoms with Gasteiger partial charge in [0.15, 0.2) is 0 Å². The smallest absolute Gasteiger partial charge is 0.310 e. The summed E-state index contributed by atoms with van der Waals surface area (Å²) in [5.41, 5.74) is 5.83. The number of pyridine rings is 1. The molecule has 1 aromatic heterocycles. The number of hydrogen-bond donors (Lipinski definition) is 1. The largest absolute Gasteiger partial charge is 0.393 e. The molecule has 0 saturated carbocycles. The summed E-state index contributed by atoms with van der Waals surface area (Å²) in [6.45, 7) is 0. The van der Waals surface area contributed by atoms with Gasteiger partial charge in [0.2, 0.25) is 0 Å². The number of nitrogen functional groups attached to an aromatic ring is 1.